The first kappa shape index (κ1) is 21.3. The lowest BCUT2D eigenvalue weighted by Gasteiger charge is -2.36. The van der Waals surface area contributed by atoms with Crippen LogP contribution < -0.4 is 0 Å². The molecule has 1 atom stereocenters. The minimum atomic E-state index is -1.38. The molecule has 0 spiro atoms. The molecule has 0 heterocycles. The molecule has 1 unspecified atom stereocenters. The zero-order valence-electron chi connectivity index (χ0n) is 17.5. The van der Waals surface area contributed by atoms with Crippen LogP contribution in [0.25, 0.3) is 0 Å². The van der Waals surface area contributed by atoms with Crippen molar-refractivity contribution in [3.8, 4) is 0 Å². The van der Waals surface area contributed by atoms with Crippen LogP contribution in [0.1, 0.15) is 16.7 Å². The van der Waals surface area contributed by atoms with Crippen LogP contribution in [-0.4, -0.2) is 25.9 Å². The highest BCUT2D eigenvalue weighted by atomic mass is 28.3. The number of aliphatic hydroxyl groups excluding tert-OH is 1. The standard InChI is InChI=1S/C26H30O2Si/c1-29(2,3)20-19-25(27)21-28-26(22-13-7-4-8-14-22,23-15-9-5-10-16-23)24-17-11-6-12-18-24/h4-20,25,27H,21H2,1-3H3/b20-19+. The van der Waals surface area contributed by atoms with Crippen molar-refractivity contribution in [1.82, 2.24) is 0 Å². The first-order chi connectivity index (χ1) is 13.9. The molecule has 150 valence electrons. The Morgan fingerprint density at radius 1 is 0.759 bits per heavy atom. The Kier molecular flexibility index (Phi) is 6.86. The molecule has 0 aliphatic carbocycles. The van der Waals surface area contributed by atoms with E-state index in [-0.39, 0.29) is 6.61 Å². The summed E-state index contributed by atoms with van der Waals surface area (Å²) in [5.41, 5.74) is 4.49. The van der Waals surface area contributed by atoms with Crippen molar-refractivity contribution in [2.45, 2.75) is 31.3 Å². The number of hydrogen-bond donors (Lipinski definition) is 1. The fourth-order valence-corrected chi connectivity index (χ4v) is 4.23. The minimum absolute atomic E-state index is 0.208. The molecule has 3 rings (SSSR count). The molecule has 0 aliphatic rings. The molecule has 1 N–H and O–H groups in total. The second-order valence-corrected chi connectivity index (χ2v) is 13.4. The summed E-state index contributed by atoms with van der Waals surface area (Å²) in [5, 5.41) is 10.6. The second-order valence-electron chi connectivity index (χ2n) is 8.38. The molecule has 3 heteroatoms. The van der Waals surface area contributed by atoms with Gasteiger partial charge in [-0.25, -0.2) is 0 Å². The molecule has 0 amide bonds. The van der Waals surface area contributed by atoms with Crippen molar-refractivity contribution in [3.05, 3.63) is 119 Å². The predicted octanol–water partition coefficient (Wildman–Crippen LogP) is 5.79. The lowest BCUT2D eigenvalue weighted by molar-refractivity contribution is -0.0248. The Balaban J connectivity index is 2.07. The molecule has 0 saturated heterocycles. The van der Waals surface area contributed by atoms with Crippen LogP contribution >= 0.6 is 0 Å². The first-order valence-electron chi connectivity index (χ1n) is 10.1. The van der Waals surface area contributed by atoms with Gasteiger partial charge >= 0.3 is 0 Å². The van der Waals surface area contributed by atoms with Crippen molar-refractivity contribution >= 4 is 8.07 Å². The smallest absolute Gasteiger partial charge is 0.143 e. The van der Waals surface area contributed by atoms with Gasteiger partial charge in [-0.15, -0.1) is 0 Å². The van der Waals surface area contributed by atoms with Gasteiger partial charge in [0.05, 0.1) is 20.8 Å². The van der Waals surface area contributed by atoms with Crippen molar-refractivity contribution in [2.24, 2.45) is 0 Å². The highest BCUT2D eigenvalue weighted by molar-refractivity contribution is 6.80. The van der Waals surface area contributed by atoms with Crippen LogP contribution in [0.5, 0.6) is 0 Å². The molecule has 29 heavy (non-hydrogen) atoms. The Labute approximate surface area is 175 Å². The van der Waals surface area contributed by atoms with Crippen LogP contribution in [-0.2, 0) is 10.3 Å². The molecule has 2 nitrogen and oxygen atoms in total. The lowest BCUT2D eigenvalue weighted by atomic mass is 9.80. The predicted molar refractivity (Wildman–Crippen MR) is 124 cm³/mol. The number of ether oxygens (including phenoxy) is 1. The van der Waals surface area contributed by atoms with Gasteiger partial charge in [0.1, 0.15) is 5.60 Å². The fourth-order valence-electron chi connectivity index (χ4n) is 3.43. The van der Waals surface area contributed by atoms with E-state index in [9.17, 15) is 5.11 Å². The highest BCUT2D eigenvalue weighted by Crippen LogP contribution is 2.40. The Hall–Kier alpha value is -2.46. The Morgan fingerprint density at radius 2 is 1.14 bits per heavy atom. The monoisotopic (exact) mass is 402 g/mol. The van der Waals surface area contributed by atoms with E-state index in [2.05, 4.69) is 61.7 Å². The third kappa shape index (κ3) is 5.33. The van der Waals surface area contributed by atoms with Gasteiger partial charge in [0.25, 0.3) is 0 Å². The van der Waals surface area contributed by atoms with Gasteiger partial charge in [-0.05, 0) is 16.7 Å². The maximum Gasteiger partial charge on any atom is 0.143 e. The van der Waals surface area contributed by atoms with E-state index in [0.29, 0.717) is 0 Å². The average molecular weight is 403 g/mol. The van der Waals surface area contributed by atoms with Gasteiger partial charge in [-0.2, -0.15) is 0 Å². The van der Waals surface area contributed by atoms with E-state index < -0.39 is 19.8 Å². The van der Waals surface area contributed by atoms with E-state index in [1.807, 2.05) is 60.7 Å². The second kappa shape index (κ2) is 9.36. The van der Waals surface area contributed by atoms with Crippen LogP contribution in [0.15, 0.2) is 103 Å². The maximum absolute atomic E-state index is 10.6. The van der Waals surface area contributed by atoms with Gasteiger partial charge in [-0.1, -0.05) is 122 Å². The molecule has 3 aromatic carbocycles. The third-order valence-electron chi connectivity index (χ3n) is 4.83. The number of benzene rings is 3. The molecule has 0 saturated carbocycles. The van der Waals surface area contributed by atoms with E-state index >= 15 is 0 Å². The van der Waals surface area contributed by atoms with E-state index in [4.69, 9.17) is 4.74 Å². The Bertz CT molecular complexity index is 803. The normalized spacial score (nSPS) is 13.5. The SMILES string of the molecule is C[Si](C)(C)/C=C/C(O)COC(c1ccccc1)(c1ccccc1)c1ccccc1. The summed E-state index contributed by atoms with van der Waals surface area (Å²) < 4.78 is 6.63. The molecule has 0 aliphatic heterocycles. The zero-order valence-corrected chi connectivity index (χ0v) is 18.5. The van der Waals surface area contributed by atoms with Crippen LogP contribution in [0, 0.1) is 0 Å². The summed E-state index contributed by atoms with van der Waals surface area (Å²) in [6.07, 6.45) is 1.23. The summed E-state index contributed by atoms with van der Waals surface area (Å²) in [5.74, 6) is 0. The molecule has 3 aromatic rings. The summed E-state index contributed by atoms with van der Waals surface area (Å²) >= 11 is 0. The number of hydrogen-bond acceptors (Lipinski definition) is 2. The topological polar surface area (TPSA) is 29.5 Å². The van der Waals surface area contributed by atoms with Gasteiger partial charge in [0.15, 0.2) is 0 Å². The van der Waals surface area contributed by atoms with Gasteiger partial charge < -0.3 is 9.84 Å². The summed E-state index contributed by atoms with van der Waals surface area (Å²) in [6, 6.07) is 30.7. The van der Waals surface area contributed by atoms with Crippen LogP contribution in [0.3, 0.4) is 0 Å². The van der Waals surface area contributed by atoms with Gasteiger partial charge in [0, 0.05) is 0 Å². The maximum atomic E-state index is 10.6. The van der Waals surface area contributed by atoms with Gasteiger partial charge in [-0.3, -0.25) is 0 Å². The zero-order chi connectivity index (χ0) is 20.7. The lowest BCUT2D eigenvalue weighted by Crippen LogP contribution is -2.35. The van der Waals surface area contributed by atoms with E-state index in [1.54, 1.807) is 0 Å². The van der Waals surface area contributed by atoms with E-state index in [1.165, 1.54) is 0 Å². The van der Waals surface area contributed by atoms with E-state index in [0.717, 1.165) is 16.7 Å². The van der Waals surface area contributed by atoms with Crippen molar-refractivity contribution < 1.29 is 9.84 Å². The fraction of sp³-hybridized carbons (Fsp3) is 0.231. The van der Waals surface area contributed by atoms with Crippen molar-refractivity contribution in [3.63, 3.8) is 0 Å². The molecule has 0 fully saturated rings. The summed E-state index contributed by atoms with van der Waals surface area (Å²) in [4.78, 5) is 0. The molecule has 0 radical (unpaired) electrons. The van der Waals surface area contributed by atoms with Crippen LogP contribution in [0.4, 0.5) is 0 Å². The van der Waals surface area contributed by atoms with Gasteiger partial charge in [0.2, 0.25) is 0 Å². The van der Waals surface area contributed by atoms with Crippen LogP contribution in [0.2, 0.25) is 19.6 Å². The quantitative estimate of drug-likeness (QED) is 0.382. The number of rotatable bonds is 8. The van der Waals surface area contributed by atoms with Crippen molar-refractivity contribution in [1.29, 1.82) is 0 Å². The molecule has 0 bridgehead atoms. The molecular weight excluding hydrogens is 372 g/mol. The highest BCUT2D eigenvalue weighted by Gasteiger charge is 2.37. The first-order valence-corrected chi connectivity index (χ1v) is 13.7. The molecular formula is C26H30O2Si. The molecule has 0 aromatic heterocycles. The Morgan fingerprint density at radius 3 is 1.48 bits per heavy atom. The summed E-state index contributed by atoms with van der Waals surface area (Å²) in [7, 11) is -1.38. The average Bonchev–Trinajstić information content (AvgIpc) is 2.74. The number of aliphatic hydroxyl groups is 1. The summed E-state index contributed by atoms with van der Waals surface area (Å²) in [6.45, 7) is 6.96. The third-order valence-corrected chi connectivity index (χ3v) is 6.02. The largest absolute Gasteiger partial charge is 0.387 e. The van der Waals surface area contributed by atoms with Crippen molar-refractivity contribution in [2.75, 3.05) is 6.61 Å². The minimum Gasteiger partial charge on any atom is -0.387 e.